The van der Waals surface area contributed by atoms with Crippen LogP contribution in [0.25, 0.3) is 10.8 Å². The van der Waals surface area contributed by atoms with Crippen molar-refractivity contribution in [2.24, 2.45) is 0 Å². The lowest BCUT2D eigenvalue weighted by atomic mass is 10.1. The van der Waals surface area contributed by atoms with Crippen LogP contribution in [0.4, 0.5) is 10.5 Å². The number of nitrogens with one attached hydrogen (secondary N) is 2. The van der Waals surface area contributed by atoms with Crippen molar-refractivity contribution in [1.82, 2.24) is 5.32 Å². The molecule has 0 saturated heterocycles. The maximum Gasteiger partial charge on any atom is 0.319 e. The van der Waals surface area contributed by atoms with Crippen molar-refractivity contribution in [3.8, 4) is 5.75 Å². The lowest BCUT2D eigenvalue weighted by Gasteiger charge is -2.10. The number of benzene rings is 2. The highest BCUT2D eigenvalue weighted by Gasteiger charge is 2.14. The molecule has 9 nitrogen and oxygen atoms in total. The Bertz CT molecular complexity index is 1070. The van der Waals surface area contributed by atoms with Crippen LogP contribution in [0.2, 0.25) is 0 Å². The molecule has 0 atom stereocenters. The molecule has 2 aromatic carbocycles. The van der Waals surface area contributed by atoms with Gasteiger partial charge in [-0.25, -0.2) is 13.2 Å². The van der Waals surface area contributed by atoms with Crippen molar-refractivity contribution in [3.63, 3.8) is 0 Å². The minimum atomic E-state index is -4.47. The van der Waals surface area contributed by atoms with Crippen LogP contribution in [-0.4, -0.2) is 56.5 Å². The van der Waals surface area contributed by atoms with Crippen LogP contribution in [0.1, 0.15) is 0 Å². The molecule has 0 saturated carbocycles. The van der Waals surface area contributed by atoms with Crippen molar-refractivity contribution in [1.29, 1.82) is 0 Å². The average Bonchev–Trinajstić information content (AvgIpc) is 2.54. The maximum atomic E-state index is 11.8. The number of alkyl halides is 1. The van der Waals surface area contributed by atoms with Crippen molar-refractivity contribution in [2.45, 2.75) is 4.90 Å². The summed E-state index contributed by atoms with van der Waals surface area (Å²) in [5.41, 5.74) is 0.290. The van der Waals surface area contributed by atoms with Gasteiger partial charge >= 0.3 is 6.03 Å². The van der Waals surface area contributed by atoms with E-state index in [4.69, 9.17) is 16.2 Å². The average molecular weight is 437 g/mol. The molecule has 2 aromatic rings. The molecule has 0 aliphatic rings. The molecular weight excluding hydrogens is 420 g/mol. The number of phenols is 1. The Labute approximate surface area is 161 Å². The van der Waals surface area contributed by atoms with E-state index in [0.717, 1.165) is 6.07 Å². The van der Waals surface area contributed by atoms with Crippen LogP contribution in [0.5, 0.6) is 5.75 Å². The number of hydrogen-bond acceptors (Lipinski definition) is 6. The van der Waals surface area contributed by atoms with E-state index in [-0.39, 0.29) is 29.3 Å². The number of sulfone groups is 1. The highest BCUT2D eigenvalue weighted by atomic mass is 35.5. The number of halogens is 1. The third-order valence-electron chi connectivity index (χ3n) is 3.55. The normalized spacial score (nSPS) is 12.1. The molecule has 4 N–H and O–H groups in total. The van der Waals surface area contributed by atoms with Crippen LogP contribution >= 0.6 is 11.6 Å². The number of phenolic OH excluding ortho intramolecular Hbond substituents is 1. The molecule has 0 bridgehead atoms. The van der Waals surface area contributed by atoms with E-state index in [1.807, 2.05) is 0 Å². The van der Waals surface area contributed by atoms with Gasteiger partial charge in [0.15, 0.2) is 9.84 Å². The SMILES string of the molecule is O=C(NCCS(=O)(=O)CCCl)Nc1ccc2cc(S(=O)(=O)O)cc(O)c2c1. The standard InChI is InChI=1S/C15H17ClN2O7S2/c16-3-5-26(21,22)6-4-17-15(20)18-11-2-1-10-7-12(27(23,24)25)9-14(19)13(10)8-11/h1-2,7-9,19H,3-6H2,(H2,17,18,20)(H,23,24,25). The molecule has 0 aliphatic heterocycles. The van der Waals surface area contributed by atoms with Crippen LogP contribution in [-0.2, 0) is 20.0 Å². The highest BCUT2D eigenvalue weighted by molar-refractivity contribution is 7.91. The third-order valence-corrected chi connectivity index (χ3v) is 6.45. The molecule has 0 spiro atoms. The predicted octanol–water partition coefficient (Wildman–Crippen LogP) is 1.57. The predicted molar refractivity (Wildman–Crippen MR) is 102 cm³/mol. The van der Waals surface area contributed by atoms with Gasteiger partial charge in [-0.15, -0.1) is 11.6 Å². The number of aromatic hydroxyl groups is 1. The molecule has 0 radical (unpaired) electrons. The van der Waals surface area contributed by atoms with E-state index < -0.39 is 36.6 Å². The molecule has 0 aromatic heterocycles. The third kappa shape index (κ3) is 5.96. The molecular formula is C15H17ClN2O7S2. The summed E-state index contributed by atoms with van der Waals surface area (Å²) < 4.78 is 54.4. The Morgan fingerprint density at radius 3 is 2.41 bits per heavy atom. The van der Waals surface area contributed by atoms with Gasteiger partial charge in [-0.3, -0.25) is 4.55 Å². The Kier molecular flexibility index (Phi) is 6.52. The van der Waals surface area contributed by atoms with E-state index in [1.165, 1.54) is 24.3 Å². The van der Waals surface area contributed by atoms with Gasteiger partial charge in [0.25, 0.3) is 10.1 Å². The molecule has 0 fully saturated rings. The summed E-state index contributed by atoms with van der Waals surface area (Å²) in [4.78, 5) is 11.4. The van der Waals surface area contributed by atoms with E-state index in [1.54, 1.807) is 0 Å². The van der Waals surface area contributed by atoms with Crippen molar-refractivity contribution >= 4 is 54.0 Å². The number of amides is 2. The fraction of sp³-hybridized carbons (Fsp3) is 0.267. The Balaban J connectivity index is 2.09. The van der Waals surface area contributed by atoms with E-state index >= 15 is 0 Å². The summed E-state index contributed by atoms with van der Waals surface area (Å²) in [6.45, 7) is -0.0956. The second-order valence-corrected chi connectivity index (χ2v) is 9.68. The summed E-state index contributed by atoms with van der Waals surface area (Å²) in [6.07, 6.45) is 0. The lowest BCUT2D eigenvalue weighted by molar-refractivity contribution is 0.252. The highest BCUT2D eigenvalue weighted by Crippen LogP contribution is 2.30. The molecule has 0 unspecified atom stereocenters. The topological polar surface area (TPSA) is 150 Å². The Morgan fingerprint density at radius 1 is 1.07 bits per heavy atom. The van der Waals surface area contributed by atoms with E-state index in [9.17, 15) is 26.7 Å². The van der Waals surface area contributed by atoms with Gasteiger partial charge in [0.1, 0.15) is 5.75 Å². The zero-order valence-electron chi connectivity index (χ0n) is 13.8. The fourth-order valence-electron chi connectivity index (χ4n) is 2.25. The van der Waals surface area contributed by atoms with Crippen LogP contribution < -0.4 is 10.6 Å². The minimum Gasteiger partial charge on any atom is -0.507 e. The number of anilines is 1. The van der Waals surface area contributed by atoms with Crippen molar-refractivity contribution in [3.05, 3.63) is 30.3 Å². The number of carbonyl (C=O) groups is 1. The smallest absolute Gasteiger partial charge is 0.319 e. The van der Waals surface area contributed by atoms with Gasteiger partial charge in [0, 0.05) is 29.6 Å². The molecule has 27 heavy (non-hydrogen) atoms. The zero-order chi connectivity index (χ0) is 20.2. The van der Waals surface area contributed by atoms with Crippen molar-refractivity contribution < 1.29 is 31.3 Å². The van der Waals surface area contributed by atoms with E-state index in [2.05, 4.69) is 10.6 Å². The molecule has 2 rings (SSSR count). The van der Waals surface area contributed by atoms with Crippen LogP contribution in [0.15, 0.2) is 35.2 Å². The quantitative estimate of drug-likeness (QED) is 0.380. The second kappa shape index (κ2) is 8.30. The van der Waals surface area contributed by atoms with Gasteiger partial charge in [-0.2, -0.15) is 8.42 Å². The molecule has 12 heteroatoms. The first-order chi connectivity index (χ1) is 12.5. The Hall–Kier alpha value is -2.08. The molecule has 148 valence electrons. The van der Waals surface area contributed by atoms with Gasteiger partial charge in [0.05, 0.1) is 16.4 Å². The summed E-state index contributed by atoms with van der Waals surface area (Å²) in [7, 11) is -7.80. The summed E-state index contributed by atoms with van der Waals surface area (Å²) in [5, 5.41) is 15.4. The molecule has 2 amide bonds. The zero-order valence-corrected chi connectivity index (χ0v) is 16.2. The lowest BCUT2D eigenvalue weighted by Crippen LogP contribution is -2.33. The first-order valence-electron chi connectivity index (χ1n) is 7.57. The number of fused-ring (bicyclic) bond motifs is 1. The number of urea groups is 1. The van der Waals surface area contributed by atoms with Gasteiger partial charge in [-0.1, -0.05) is 6.07 Å². The van der Waals surface area contributed by atoms with E-state index in [0.29, 0.717) is 11.1 Å². The van der Waals surface area contributed by atoms with Crippen LogP contribution in [0, 0.1) is 0 Å². The summed E-state index contributed by atoms with van der Waals surface area (Å²) in [5.74, 6) is -0.831. The first-order valence-corrected chi connectivity index (χ1v) is 11.4. The number of carbonyl (C=O) groups excluding carboxylic acids is 1. The maximum absolute atomic E-state index is 11.8. The Morgan fingerprint density at radius 2 is 1.78 bits per heavy atom. The largest absolute Gasteiger partial charge is 0.507 e. The fourth-order valence-corrected chi connectivity index (χ4v) is 4.35. The summed E-state index contributed by atoms with van der Waals surface area (Å²) in [6, 6.07) is 5.73. The van der Waals surface area contributed by atoms with Gasteiger partial charge in [0.2, 0.25) is 0 Å². The van der Waals surface area contributed by atoms with Gasteiger partial charge in [-0.05, 0) is 23.6 Å². The second-order valence-electron chi connectivity index (χ2n) is 5.58. The molecule has 0 heterocycles. The summed E-state index contributed by atoms with van der Waals surface area (Å²) >= 11 is 5.38. The number of rotatable bonds is 7. The first kappa shape index (κ1) is 21.2. The minimum absolute atomic E-state index is 0.0194. The monoisotopic (exact) mass is 436 g/mol. The van der Waals surface area contributed by atoms with Crippen molar-refractivity contribution in [2.75, 3.05) is 29.2 Å². The number of hydrogen-bond donors (Lipinski definition) is 4. The van der Waals surface area contributed by atoms with Crippen LogP contribution in [0.3, 0.4) is 0 Å². The van der Waals surface area contributed by atoms with Gasteiger partial charge < -0.3 is 15.7 Å². The molecule has 0 aliphatic carbocycles.